The fourth-order valence-electron chi connectivity index (χ4n) is 2.65. The Bertz CT molecular complexity index is 710. The first-order chi connectivity index (χ1) is 10.5. The van der Waals surface area contributed by atoms with Crippen LogP contribution in [-0.2, 0) is 19.6 Å². The summed E-state index contributed by atoms with van der Waals surface area (Å²) < 4.78 is 0. The van der Waals surface area contributed by atoms with Gasteiger partial charge in [0.25, 0.3) is 0 Å². The number of phenols is 2. The van der Waals surface area contributed by atoms with Gasteiger partial charge in [0.1, 0.15) is 18.0 Å². The first-order valence-corrected chi connectivity index (χ1v) is 6.99. The molecule has 116 valence electrons. The largest absolute Gasteiger partial charge is 0.507 e. The van der Waals surface area contributed by atoms with Gasteiger partial charge < -0.3 is 15.3 Å². The van der Waals surface area contributed by atoms with Crippen LogP contribution in [0.4, 0.5) is 0 Å². The number of rotatable bonds is 5. The highest BCUT2D eigenvalue weighted by atomic mass is 16.3. The van der Waals surface area contributed by atoms with Gasteiger partial charge in [-0.2, -0.15) is 4.91 Å². The average Bonchev–Trinajstić information content (AvgIpc) is 2.47. The standard InChI is InChI=1S/C17H19NO4/c1-10-3-12(16(20)14(5-10)8-18-22)7-13-4-11(2)6-15(9-19)17(13)21/h3-6,19-21H,7-9H2,1-2H3. The molecule has 5 nitrogen and oxygen atoms in total. The molecule has 0 aromatic heterocycles. The molecule has 0 aliphatic heterocycles. The fourth-order valence-corrected chi connectivity index (χ4v) is 2.65. The summed E-state index contributed by atoms with van der Waals surface area (Å²) in [6, 6.07) is 7.06. The van der Waals surface area contributed by atoms with Crippen molar-refractivity contribution < 1.29 is 15.3 Å². The summed E-state index contributed by atoms with van der Waals surface area (Å²) in [5.41, 5.74) is 3.98. The first kappa shape index (κ1) is 16.0. The molecule has 0 heterocycles. The average molecular weight is 301 g/mol. The maximum Gasteiger partial charge on any atom is 0.124 e. The molecule has 0 aliphatic rings. The molecular weight excluding hydrogens is 282 g/mol. The third-order valence-electron chi connectivity index (χ3n) is 3.61. The zero-order valence-corrected chi connectivity index (χ0v) is 12.6. The minimum absolute atomic E-state index is 0.0247. The molecule has 2 aromatic rings. The number of aryl methyl sites for hydroxylation is 2. The number of phenolic OH excluding ortho intramolecular Hbond substituents is 1. The Labute approximate surface area is 128 Å². The van der Waals surface area contributed by atoms with Crippen molar-refractivity contribution in [2.45, 2.75) is 33.4 Å². The Balaban J connectivity index is 2.47. The Morgan fingerprint density at radius 3 is 1.82 bits per heavy atom. The molecule has 2 aromatic carbocycles. The number of aromatic hydroxyl groups is 2. The summed E-state index contributed by atoms with van der Waals surface area (Å²) in [6.07, 6.45) is 0.305. The predicted octanol–water partition coefficient (Wildman–Crippen LogP) is 3.06. The molecule has 22 heavy (non-hydrogen) atoms. The van der Waals surface area contributed by atoms with E-state index in [0.29, 0.717) is 28.7 Å². The number of hydrogen-bond acceptors (Lipinski definition) is 5. The molecule has 0 atom stereocenters. The molecule has 5 heteroatoms. The number of benzene rings is 2. The van der Waals surface area contributed by atoms with Crippen molar-refractivity contribution in [1.29, 1.82) is 0 Å². The van der Waals surface area contributed by atoms with Gasteiger partial charge in [-0.1, -0.05) is 40.6 Å². The number of nitroso groups, excluding NO2 is 1. The minimum Gasteiger partial charge on any atom is -0.507 e. The maximum absolute atomic E-state index is 10.5. The van der Waals surface area contributed by atoms with E-state index in [1.807, 2.05) is 26.0 Å². The molecule has 0 amide bonds. The second-order valence-corrected chi connectivity index (χ2v) is 5.49. The molecule has 0 saturated carbocycles. The highest BCUT2D eigenvalue weighted by Crippen LogP contribution is 2.32. The van der Waals surface area contributed by atoms with Gasteiger partial charge in [-0.15, -0.1) is 0 Å². The Morgan fingerprint density at radius 1 is 0.864 bits per heavy atom. The van der Waals surface area contributed by atoms with Crippen LogP contribution in [0.2, 0.25) is 0 Å². The van der Waals surface area contributed by atoms with E-state index in [4.69, 9.17) is 0 Å². The highest BCUT2D eigenvalue weighted by Gasteiger charge is 2.14. The molecule has 0 aliphatic carbocycles. The van der Waals surface area contributed by atoms with Crippen molar-refractivity contribution in [2.75, 3.05) is 0 Å². The molecule has 0 radical (unpaired) electrons. The van der Waals surface area contributed by atoms with E-state index >= 15 is 0 Å². The summed E-state index contributed by atoms with van der Waals surface area (Å²) in [5.74, 6) is 0.0562. The van der Waals surface area contributed by atoms with Gasteiger partial charge in [0, 0.05) is 17.5 Å². The van der Waals surface area contributed by atoms with Gasteiger partial charge in [-0.05, 0) is 25.0 Å². The van der Waals surface area contributed by atoms with Crippen LogP contribution in [0.3, 0.4) is 0 Å². The van der Waals surface area contributed by atoms with E-state index in [9.17, 15) is 20.2 Å². The third-order valence-corrected chi connectivity index (χ3v) is 3.61. The Hall–Kier alpha value is -2.40. The minimum atomic E-state index is -0.249. The third kappa shape index (κ3) is 3.26. The number of aliphatic hydroxyl groups excluding tert-OH is 1. The zero-order chi connectivity index (χ0) is 16.3. The van der Waals surface area contributed by atoms with Crippen molar-refractivity contribution in [3.05, 3.63) is 62.6 Å². The fraction of sp³-hybridized carbons (Fsp3) is 0.294. The smallest absolute Gasteiger partial charge is 0.124 e. The van der Waals surface area contributed by atoms with E-state index in [-0.39, 0.29) is 24.7 Å². The molecule has 0 unspecified atom stereocenters. The van der Waals surface area contributed by atoms with Crippen LogP contribution in [0.1, 0.15) is 33.4 Å². The van der Waals surface area contributed by atoms with Crippen molar-refractivity contribution in [1.82, 2.24) is 0 Å². The molecule has 0 fully saturated rings. The van der Waals surface area contributed by atoms with Crippen molar-refractivity contribution in [2.24, 2.45) is 5.18 Å². The monoisotopic (exact) mass is 301 g/mol. The second-order valence-electron chi connectivity index (χ2n) is 5.49. The molecular formula is C17H19NO4. The van der Waals surface area contributed by atoms with E-state index in [2.05, 4.69) is 5.18 Å². The van der Waals surface area contributed by atoms with Crippen molar-refractivity contribution in [3.63, 3.8) is 0 Å². The maximum atomic E-state index is 10.5. The molecule has 0 spiro atoms. The van der Waals surface area contributed by atoms with E-state index < -0.39 is 0 Å². The highest BCUT2D eigenvalue weighted by molar-refractivity contribution is 5.50. The predicted molar refractivity (Wildman–Crippen MR) is 83.9 cm³/mol. The molecule has 0 bridgehead atoms. The van der Waals surface area contributed by atoms with Gasteiger partial charge in [-0.3, -0.25) is 0 Å². The lowest BCUT2D eigenvalue weighted by atomic mass is 9.95. The van der Waals surface area contributed by atoms with E-state index in [0.717, 1.165) is 11.1 Å². The number of aliphatic hydroxyl groups is 1. The second kappa shape index (κ2) is 6.58. The van der Waals surface area contributed by atoms with E-state index in [1.54, 1.807) is 12.1 Å². The van der Waals surface area contributed by atoms with Crippen LogP contribution in [0.15, 0.2) is 29.4 Å². The van der Waals surface area contributed by atoms with Crippen LogP contribution in [-0.4, -0.2) is 15.3 Å². The summed E-state index contributed by atoms with van der Waals surface area (Å²) in [4.78, 5) is 10.5. The normalized spacial score (nSPS) is 10.7. The lowest BCUT2D eigenvalue weighted by Gasteiger charge is -2.13. The van der Waals surface area contributed by atoms with Gasteiger partial charge >= 0.3 is 0 Å². The molecule has 2 rings (SSSR count). The quantitative estimate of drug-likeness (QED) is 0.740. The Kier molecular flexibility index (Phi) is 4.78. The topological polar surface area (TPSA) is 90.1 Å². The number of hydrogen-bond donors (Lipinski definition) is 3. The van der Waals surface area contributed by atoms with Crippen molar-refractivity contribution in [3.8, 4) is 11.5 Å². The van der Waals surface area contributed by atoms with Crippen LogP contribution in [0, 0.1) is 18.8 Å². The zero-order valence-electron chi connectivity index (χ0n) is 12.6. The lowest BCUT2D eigenvalue weighted by molar-refractivity contribution is 0.275. The van der Waals surface area contributed by atoms with E-state index in [1.165, 1.54) is 0 Å². The molecule has 0 saturated heterocycles. The molecule has 3 N–H and O–H groups in total. The van der Waals surface area contributed by atoms with Crippen LogP contribution in [0.5, 0.6) is 11.5 Å². The Morgan fingerprint density at radius 2 is 1.32 bits per heavy atom. The van der Waals surface area contributed by atoms with Gasteiger partial charge in [0.2, 0.25) is 0 Å². The summed E-state index contributed by atoms with van der Waals surface area (Å²) >= 11 is 0. The lowest BCUT2D eigenvalue weighted by Crippen LogP contribution is -1.97. The number of nitrogens with zero attached hydrogens (tertiary/aromatic N) is 1. The van der Waals surface area contributed by atoms with Crippen LogP contribution in [0.25, 0.3) is 0 Å². The first-order valence-electron chi connectivity index (χ1n) is 6.99. The summed E-state index contributed by atoms with van der Waals surface area (Å²) in [6.45, 7) is 3.40. The van der Waals surface area contributed by atoms with Gasteiger partial charge in [0.15, 0.2) is 0 Å². The van der Waals surface area contributed by atoms with Crippen molar-refractivity contribution >= 4 is 0 Å². The SMILES string of the molecule is Cc1cc(CO)c(O)c(Cc2cc(C)cc(CN=O)c2O)c1. The van der Waals surface area contributed by atoms with Gasteiger partial charge in [0.05, 0.1) is 6.61 Å². The summed E-state index contributed by atoms with van der Waals surface area (Å²) in [5, 5.41) is 32.6. The summed E-state index contributed by atoms with van der Waals surface area (Å²) in [7, 11) is 0. The van der Waals surface area contributed by atoms with Gasteiger partial charge in [-0.25, -0.2) is 0 Å². The van der Waals surface area contributed by atoms with Crippen LogP contribution < -0.4 is 0 Å². The van der Waals surface area contributed by atoms with Crippen LogP contribution >= 0.6 is 0 Å².